The first-order chi connectivity index (χ1) is 9.70. The van der Waals surface area contributed by atoms with Gasteiger partial charge in [0.25, 0.3) is 15.0 Å². The summed E-state index contributed by atoms with van der Waals surface area (Å²) in [5, 5.41) is -0.0665. The van der Waals surface area contributed by atoms with Crippen molar-refractivity contribution in [1.29, 1.82) is 0 Å². The lowest BCUT2D eigenvalue weighted by molar-refractivity contribution is -0.132. The summed E-state index contributed by atoms with van der Waals surface area (Å²) >= 11 is 11.8. The van der Waals surface area contributed by atoms with E-state index in [1.807, 2.05) is 13.8 Å². The van der Waals surface area contributed by atoms with Crippen LogP contribution in [0, 0.1) is 0 Å². The van der Waals surface area contributed by atoms with Crippen LogP contribution in [0.2, 0.25) is 10.0 Å². The van der Waals surface area contributed by atoms with Gasteiger partial charge >= 0.3 is 0 Å². The topological polar surface area (TPSA) is 63.7 Å². The quantitative estimate of drug-likeness (QED) is 0.717. The third kappa shape index (κ3) is 4.92. The maximum absolute atomic E-state index is 11.8. The van der Waals surface area contributed by atoms with Gasteiger partial charge in [-0.2, -0.15) is 0 Å². The molecule has 0 bridgehead atoms. The number of halogens is 3. The Labute approximate surface area is 138 Å². The number of carbonyl (C=O) groups excluding carboxylic acids is 1. The van der Waals surface area contributed by atoms with Crippen molar-refractivity contribution in [2.75, 3.05) is 19.7 Å². The van der Waals surface area contributed by atoms with E-state index in [2.05, 4.69) is 0 Å². The summed E-state index contributed by atoms with van der Waals surface area (Å²) in [5.41, 5.74) is 0. The number of amides is 1. The molecule has 0 spiro atoms. The molecular weight excluding hydrogens is 361 g/mol. The fourth-order valence-electron chi connectivity index (χ4n) is 1.62. The second kappa shape index (κ2) is 7.54. The average molecular weight is 375 g/mol. The van der Waals surface area contributed by atoms with Gasteiger partial charge in [0.15, 0.2) is 12.4 Å². The summed E-state index contributed by atoms with van der Waals surface area (Å²) in [6, 6.07) is 2.24. The second-order valence-electron chi connectivity index (χ2n) is 4.01. The summed E-state index contributed by atoms with van der Waals surface area (Å²) < 4.78 is 27.7. The van der Waals surface area contributed by atoms with E-state index in [1.165, 1.54) is 0 Å². The molecule has 1 amide bonds. The van der Waals surface area contributed by atoms with Gasteiger partial charge in [0.2, 0.25) is 0 Å². The molecule has 0 aromatic heterocycles. The Hall–Kier alpha value is -0.690. The van der Waals surface area contributed by atoms with Gasteiger partial charge in [-0.3, -0.25) is 4.79 Å². The fourth-order valence-corrected chi connectivity index (χ4v) is 3.13. The Kier molecular flexibility index (Phi) is 6.59. The predicted molar refractivity (Wildman–Crippen MR) is 82.9 cm³/mol. The molecule has 0 aliphatic heterocycles. The minimum atomic E-state index is -3.94. The van der Waals surface area contributed by atoms with Gasteiger partial charge in [-0.15, -0.1) is 0 Å². The maximum Gasteiger partial charge on any atom is 0.261 e. The highest BCUT2D eigenvalue weighted by Crippen LogP contribution is 2.36. The van der Waals surface area contributed by atoms with Crippen LogP contribution in [0.4, 0.5) is 0 Å². The number of hydrogen-bond donors (Lipinski definition) is 0. The van der Waals surface area contributed by atoms with Gasteiger partial charge in [-0.05, 0) is 26.0 Å². The lowest BCUT2D eigenvalue weighted by atomic mass is 10.3. The van der Waals surface area contributed by atoms with Crippen molar-refractivity contribution in [3.63, 3.8) is 0 Å². The second-order valence-corrected chi connectivity index (χ2v) is 7.39. The smallest absolute Gasteiger partial charge is 0.261 e. The SMILES string of the molecule is CCN(CC)C(=O)COc1c(Cl)cc(S(=O)(=O)Cl)cc1Cl. The summed E-state index contributed by atoms with van der Waals surface area (Å²) in [5.74, 6) is -0.177. The molecule has 1 rings (SSSR count). The van der Waals surface area contributed by atoms with Gasteiger partial charge in [-0.1, -0.05) is 23.2 Å². The van der Waals surface area contributed by atoms with Crippen molar-refractivity contribution in [2.24, 2.45) is 0 Å². The van der Waals surface area contributed by atoms with E-state index >= 15 is 0 Å². The van der Waals surface area contributed by atoms with Crippen LogP contribution in [0.25, 0.3) is 0 Å². The van der Waals surface area contributed by atoms with Crippen LogP contribution < -0.4 is 4.74 Å². The number of carbonyl (C=O) groups is 1. The minimum Gasteiger partial charge on any atom is -0.481 e. The number of likely N-dealkylation sites (N-methyl/N-ethyl adjacent to an activating group) is 1. The van der Waals surface area contributed by atoms with Crippen LogP contribution in [-0.2, 0) is 13.8 Å². The first-order valence-corrected chi connectivity index (χ1v) is 9.11. The molecule has 118 valence electrons. The van der Waals surface area contributed by atoms with Crippen molar-refractivity contribution in [3.05, 3.63) is 22.2 Å². The van der Waals surface area contributed by atoms with Crippen LogP contribution in [0.3, 0.4) is 0 Å². The first kappa shape index (κ1) is 18.4. The Morgan fingerprint density at radius 1 is 1.19 bits per heavy atom. The molecular formula is C12H14Cl3NO4S. The summed E-state index contributed by atoms with van der Waals surface area (Å²) in [6.45, 7) is 4.57. The van der Waals surface area contributed by atoms with Gasteiger partial charge < -0.3 is 9.64 Å². The molecule has 0 aliphatic rings. The molecule has 0 fully saturated rings. The van der Waals surface area contributed by atoms with Crippen molar-refractivity contribution >= 4 is 48.8 Å². The first-order valence-electron chi connectivity index (χ1n) is 6.05. The van der Waals surface area contributed by atoms with Gasteiger partial charge in [0.1, 0.15) is 0 Å². The maximum atomic E-state index is 11.8. The molecule has 5 nitrogen and oxygen atoms in total. The van der Waals surface area contributed by atoms with Crippen LogP contribution in [-0.4, -0.2) is 38.9 Å². The number of hydrogen-bond acceptors (Lipinski definition) is 4. The Morgan fingerprint density at radius 3 is 2.05 bits per heavy atom. The summed E-state index contributed by atoms with van der Waals surface area (Å²) in [6.07, 6.45) is 0. The number of rotatable bonds is 6. The summed E-state index contributed by atoms with van der Waals surface area (Å²) in [4.78, 5) is 13.2. The zero-order valence-corrected chi connectivity index (χ0v) is 14.5. The van der Waals surface area contributed by atoms with E-state index in [-0.39, 0.29) is 33.2 Å². The molecule has 1 aromatic carbocycles. The number of nitrogens with zero attached hydrogens (tertiary/aromatic N) is 1. The lowest BCUT2D eigenvalue weighted by Crippen LogP contribution is -2.34. The zero-order chi connectivity index (χ0) is 16.2. The normalized spacial score (nSPS) is 11.3. The van der Waals surface area contributed by atoms with Gasteiger partial charge in [-0.25, -0.2) is 8.42 Å². The Balaban J connectivity index is 2.93. The van der Waals surface area contributed by atoms with Crippen LogP contribution >= 0.6 is 33.9 Å². The molecule has 9 heteroatoms. The van der Waals surface area contributed by atoms with Crippen molar-refractivity contribution < 1.29 is 17.9 Å². The predicted octanol–water partition coefficient (Wildman–Crippen LogP) is 3.17. The third-order valence-corrected chi connectivity index (χ3v) is 4.60. The standard InChI is InChI=1S/C12H14Cl3NO4S/c1-3-16(4-2)11(17)7-20-12-9(13)5-8(6-10(12)14)21(15,18)19/h5-6H,3-4,7H2,1-2H3. The van der Waals surface area contributed by atoms with Crippen LogP contribution in [0.5, 0.6) is 5.75 Å². The Morgan fingerprint density at radius 2 is 1.67 bits per heavy atom. The van der Waals surface area contributed by atoms with E-state index in [9.17, 15) is 13.2 Å². The van der Waals surface area contributed by atoms with Gasteiger partial charge in [0, 0.05) is 23.8 Å². The Bertz CT molecular complexity index is 606. The highest BCUT2D eigenvalue weighted by Gasteiger charge is 2.18. The molecule has 0 atom stereocenters. The highest BCUT2D eigenvalue weighted by molar-refractivity contribution is 8.13. The van der Waals surface area contributed by atoms with Crippen molar-refractivity contribution in [2.45, 2.75) is 18.7 Å². The van der Waals surface area contributed by atoms with E-state index in [0.717, 1.165) is 12.1 Å². The monoisotopic (exact) mass is 373 g/mol. The van der Waals surface area contributed by atoms with E-state index in [4.69, 9.17) is 38.6 Å². The number of ether oxygens (including phenoxy) is 1. The van der Waals surface area contributed by atoms with E-state index < -0.39 is 9.05 Å². The molecule has 0 N–H and O–H groups in total. The lowest BCUT2D eigenvalue weighted by Gasteiger charge is -2.19. The molecule has 0 saturated carbocycles. The summed E-state index contributed by atoms with van der Waals surface area (Å²) in [7, 11) is 1.27. The average Bonchev–Trinajstić information content (AvgIpc) is 2.37. The molecule has 0 heterocycles. The van der Waals surface area contributed by atoms with Crippen LogP contribution in [0.15, 0.2) is 17.0 Å². The van der Waals surface area contributed by atoms with Crippen molar-refractivity contribution in [3.8, 4) is 5.75 Å². The zero-order valence-electron chi connectivity index (χ0n) is 11.4. The molecule has 1 aromatic rings. The molecule has 0 radical (unpaired) electrons. The van der Waals surface area contributed by atoms with E-state index in [0.29, 0.717) is 13.1 Å². The van der Waals surface area contributed by atoms with Crippen LogP contribution in [0.1, 0.15) is 13.8 Å². The largest absolute Gasteiger partial charge is 0.481 e. The van der Waals surface area contributed by atoms with E-state index in [1.54, 1.807) is 4.90 Å². The molecule has 21 heavy (non-hydrogen) atoms. The highest BCUT2D eigenvalue weighted by atomic mass is 35.7. The third-order valence-electron chi connectivity index (χ3n) is 2.71. The molecule has 0 saturated heterocycles. The molecule has 0 unspecified atom stereocenters. The van der Waals surface area contributed by atoms with Crippen molar-refractivity contribution in [1.82, 2.24) is 4.90 Å². The fraction of sp³-hybridized carbons (Fsp3) is 0.417. The number of benzene rings is 1. The molecule has 0 aliphatic carbocycles. The minimum absolute atomic E-state index is 0.0333. The van der Waals surface area contributed by atoms with Gasteiger partial charge in [0.05, 0.1) is 14.9 Å².